The summed E-state index contributed by atoms with van der Waals surface area (Å²) in [4.78, 5) is 0. The van der Waals surface area contributed by atoms with Gasteiger partial charge in [-0.05, 0) is 44.4 Å². The van der Waals surface area contributed by atoms with Crippen molar-refractivity contribution in [3.63, 3.8) is 0 Å². The fourth-order valence-corrected chi connectivity index (χ4v) is 4.99. The van der Waals surface area contributed by atoms with Gasteiger partial charge in [0, 0.05) is 11.6 Å². The monoisotopic (exact) mass is 287 g/mol. The lowest BCUT2D eigenvalue weighted by atomic mass is 9.60. The summed E-state index contributed by atoms with van der Waals surface area (Å²) in [6, 6.07) is 0. The van der Waals surface area contributed by atoms with Gasteiger partial charge < -0.3 is 10.1 Å². The number of hydrogen-bond acceptors (Lipinski definition) is 2. The SMILES string of the molecule is C=C1NC2([C@@H](C)C3C=CCCC3)C(=C)O[C@@]2(C)C1CCC. The third kappa shape index (κ3) is 1.77. The third-order valence-electron chi connectivity index (χ3n) is 6.20. The summed E-state index contributed by atoms with van der Waals surface area (Å²) in [5, 5.41) is 3.74. The molecule has 0 bridgehead atoms. The van der Waals surface area contributed by atoms with E-state index in [1.54, 1.807) is 0 Å². The normalized spacial score (nSPS) is 42.8. The number of fused-ring (bicyclic) bond motifs is 1. The number of allylic oxidation sites excluding steroid dienone is 2. The number of rotatable bonds is 4. The topological polar surface area (TPSA) is 21.3 Å². The Hall–Kier alpha value is -1.18. The van der Waals surface area contributed by atoms with Crippen LogP contribution in [-0.2, 0) is 4.74 Å². The van der Waals surface area contributed by atoms with Crippen LogP contribution in [-0.4, -0.2) is 11.1 Å². The van der Waals surface area contributed by atoms with Crippen LogP contribution in [0.2, 0.25) is 0 Å². The highest BCUT2D eigenvalue weighted by Crippen LogP contribution is 2.61. The van der Waals surface area contributed by atoms with Gasteiger partial charge in [-0.25, -0.2) is 0 Å². The molecule has 2 fully saturated rings. The standard InChI is InChI=1S/C19H29NO/c1-6-10-17-14(3)20-19(15(4)21-18(17,19)5)13(2)16-11-8-7-9-12-16/h8,11,13,16-17,20H,3-4,6-7,9-10,12H2,1-2,5H3/t13-,16?,17?,18-,19?/m0/s1. The zero-order valence-corrected chi connectivity index (χ0v) is 13.7. The second kappa shape index (κ2) is 4.93. The lowest BCUT2D eigenvalue weighted by Gasteiger charge is -2.59. The van der Waals surface area contributed by atoms with Gasteiger partial charge >= 0.3 is 0 Å². The van der Waals surface area contributed by atoms with Crippen molar-refractivity contribution in [2.75, 3.05) is 0 Å². The van der Waals surface area contributed by atoms with Crippen molar-refractivity contribution < 1.29 is 4.74 Å². The lowest BCUT2D eigenvalue weighted by Crippen LogP contribution is -2.72. The Morgan fingerprint density at radius 3 is 2.81 bits per heavy atom. The molecule has 116 valence electrons. The molecule has 3 rings (SSSR count). The smallest absolute Gasteiger partial charge is 0.144 e. The van der Waals surface area contributed by atoms with Gasteiger partial charge in [-0.15, -0.1) is 0 Å². The van der Waals surface area contributed by atoms with E-state index in [4.69, 9.17) is 4.74 Å². The number of nitrogens with one attached hydrogen (secondary N) is 1. The minimum atomic E-state index is -0.179. The Morgan fingerprint density at radius 2 is 2.24 bits per heavy atom. The van der Waals surface area contributed by atoms with Crippen LogP contribution in [0.4, 0.5) is 0 Å². The van der Waals surface area contributed by atoms with E-state index in [-0.39, 0.29) is 11.1 Å². The van der Waals surface area contributed by atoms with Crippen molar-refractivity contribution in [2.24, 2.45) is 17.8 Å². The van der Waals surface area contributed by atoms with Crippen LogP contribution in [0.1, 0.15) is 52.9 Å². The Balaban J connectivity index is 1.94. The molecule has 0 aromatic heterocycles. The summed E-state index contributed by atoms with van der Waals surface area (Å²) < 4.78 is 6.16. The first-order valence-corrected chi connectivity index (χ1v) is 8.49. The molecule has 0 aromatic carbocycles. The fourth-order valence-electron chi connectivity index (χ4n) is 4.99. The highest BCUT2D eigenvalue weighted by molar-refractivity contribution is 5.42. The summed E-state index contributed by atoms with van der Waals surface area (Å²) in [6.45, 7) is 15.4. The molecule has 3 unspecified atom stereocenters. The quantitative estimate of drug-likeness (QED) is 0.766. The van der Waals surface area contributed by atoms with Gasteiger partial charge in [-0.2, -0.15) is 0 Å². The van der Waals surface area contributed by atoms with Gasteiger partial charge in [0.05, 0.1) is 0 Å². The molecule has 0 amide bonds. The molecule has 5 atom stereocenters. The van der Waals surface area contributed by atoms with E-state index in [1.165, 1.54) is 19.3 Å². The molecule has 2 nitrogen and oxygen atoms in total. The summed E-state index contributed by atoms with van der Waals surface area (Å²) >= 11 is 0. The Labute approximate surface area is 129 Å². The molecular formula is C19H29NO. The summed E-state index contributed by atoms with van der Waals surface area (Å²) in [5.74, 6) is 2.40. The van der Waals surface area contributed by atoms with Crippen LogP contribution in [0.3, 0.4) is 0 Å². The van der Waals surface area contributed by atoms with E-state index in [2.05, 4.69) is 51.4 Å². The molecule has 0 aromatic rings. The van der Waals surface area contributed by atoms with Crippen molar-refractivity contribution >= 4 is 0 Å². The molecular weight excluding hydrogens is 258 g/mol. The van der Waals surface area contributed by atoms with E-state index >= 15 is 0 Å². The number of ether oxygens (including phenoxy) is 1. The van der Waals surface area contributed by atoms with Gasteiger partial charge in [-0.1, -0.05) is 45.6 Å². The molecule has 2 heteroatoms. The van der Waals surface area contributed by atoms with Crippen LogP contribution in [0.15, 0.2) is 36.8 Å². The van der Waals surface area contributed by atoms with Crippen molar-refractivity contribution in [1.29, 1.82) is 0 Å². The molecule has 1 aliphatic carbocycles. The van der Waals surface area contributed by atoms with Crippen LogP contribution in [0, 0.1) is 17.8 Å². The lowest BCUT2D eigenvalue weighted by molar-refractivity contribution is -0.183. The average Bonchev–Trinajstić information content (AvgIpc) is 2.65. The van der Waals surface area contributed by atoms with Gasteiger partial charge in [0.25, 0.3) is 0 Å². The van der Waals surface area contributed by atoms with Crippen molar-refractivity contribution in [1.82, 2.24) is 5.32 Å². The van der Waals surface area contributed by atoms with E-state index in [1.807, 2.05) is 0 Å². The predicted molar refractivity (Wildman–Crippen MR) is 87.7 cm³/mol. The van der Waals surface area contributed by atoms with Crippen LogP contribution < -0.4 is 5.32 Å². The molecule has 21 heavy (non-hydrogen) atoms. The minimum absolute atomic E-state index is 0.129. The molecule has 2 aliphatic heterocycles. The Kier molecular flexibility index (Phi) is 3.46. The molecule has 2 heterocycles. The third-order valence-corrected chi connectivity index (χ3v) is 6.20. The highest BCUT2D eigenvalue weighted by atomic mass is 16.5. The first-order chi connectivity index (χ1) is 9.97. The zero-order chi connectivity index (χ0) is 15.3. The summed E-state index contributed by atoms with van der Waals surface area (Å²) in [6.07, 6.45) is 10.8. The maximum atomic E-state index is 6.16. The summed E-state index contributed by atoms with van der Waals surface area (Å²) in [7, 11) is 0. The number of hydrogen-bond donors (Lipinski definition) is 1. The van der Waals surface area contributed by atoms with Gasteiger partial charge in [0.1, 0.15) is 16.9 Å². The maximum Gasteiger partial charge on any atom is 0.144 e. The van der Waals surface area contributed by atoms with Crippen molar-refractivity contribution in [3.05, 3.63) is 36.8 Å². The van der Waals surface area contributed by atoms with Gasteiger partial charge in [0.15, 0.2) is 0 Å². The van der Waals surface area contributed by atoms with Gasteiger partial charge in [-0.3, -0.25) is 0 Å². The van der Waals surface area contributed by atoms with E-state index in [9.17, 15) is 0 Å². The first-order valence-electron chi connectivity index (χ1n) is 8.49. The van der Waals surface area contributed by atoms with Crippen LogP contribution >= 0.6 is 0 Å². The molecule has 1 N–H and O–H groups in total. The van der Waals surface area contributed by atoms with E-state index in [0.29, 0.717) is 17.8 Å². The maximum absolute atomic E-state index is 6.16. The predicted octanol–water partition coefficient (Wildman–Crippen LogP) is 4.55. The van der Waals surface area contributed by atoms with Crippen molar-refractivity contribution in [2.45, 2.75) is 64.0 Å². The minimum Gasteiger partial charge on any atom is -0.486 e. The Morgan fingerprint density at radius 1 is 1.48 bits per heavy atom. The van der Waals surface area contributed by atoms with E-state index in [0.717, 1.165) is 24.3 Å². The largest absolute Gasteiger partial charge is 0.486 e. The molecule has 2 saturated heterocycles. The van der Waals surface area contributed by atoms with E-state index < -0.39 is 0 Å². The van der Waals surface area contributed by atoms with Gasteiger partial charge in [0.2, 0.25) is 0 Å². The van der Waals surface area contributed by atoms with Crippen LogP contribution in [0.25, 0.3) is 0 Å². The molecule has 0 radical (unpaired) electrons. The van der Waals surface area contributed by atoms with Crippen LogP contribution in [0.5, 0.6) is 0 Å². The second-order valence-corrected chi connectivity index (χ2v) is 7.24. The molecule has 0 spiro atoms. The zero-order valence-electron chi connectivity index (χ0n) is 13.7. The molecule has 0 saturated carbocycles. The summed E-state index contributed by atoms with van der Waals surface area (Å²) in [5.41, 5.74) is 0.836. The first kappa shape index (κ1) is 14.7. The van der Waals surface area contributed by atoms with Crippen molar-refractivity contribution in [3.8, 4) is 0 Å². The highest BCUT2D eigenvalue weighted by Gasteiger charge is 2.72. The average molecular weight is 287 g/mol. The fraction of sp³-hybridized carbons (Fsp3) is 0.684. The Bertz CT molecular complexity index is 494. The second-order valence-electron chi connectivity index (χ2n) is 7.24. The molecule has 3 aliphatic rings.